The quantitative estimate of drug-likeness (QED) is 0.767. The summed E-state index contributed by atoms with van der Waals surface area (Å²) in [5, 5.41) is 8.63. The number of hydrogen-bond donors (Lipinski definition) is 1. The predicted octanol–water partition coefficient (Wildman–Crippen LogP) is 2.01. The van der Waals surface area contributed by atoms with Gasteiger partial charge in [0.05, 0.1) is 13.7 Å². The molecule has 0 heterocycles. The van der Waals surface area contributed by atoms with Crippen LogP contribution in [0.5, 0.6) is 5.75 Å². The van der Waals surface area contributed by atoms with Gasteiger partial charge in [-0.15, -0.1) is 0 Å². The van der Waals surface area contributed by atoms with Gasteiger partial charge in [-0.25, -0.2) is 0 Å². The maximum atomic E-state index is 8.63. The number of methoxy groups -OCH3 is 1. The smallest absolute Gasteiger partial charge is 0.128 e. The third-order valence-electron chi connectivity index (χ3n) is 1.85. The maximum absolute atomic E-state index is 8.63. The lowest BCUT2D eigenvalue weighted by Crippen LogP contribution is -1.90. The molecular weight excluding hydrogens is 164 g/mol. The van der Waals surface area contributed by atoms with Gasteiger partial charge in [0.1, 0.15) is 5.75 Å². The summed E-state index contributed by atoms with van der Waals surface area (Å²) in [4.78, 5) is 0. The molecule has 0 spiro atoms. The van der Waals surface area contributed by atoms with Crippen LogP contribution in [0.25, 0.3) is 6.08 Å². The Bertz CT molecular complexity index is 303. The van der Waals surface area contributed by atoms with Crippen molar-refractivity contribution in [2.24, 2.45) is 0 Å². The van der Waals surface area contributed by atoms with Gasteiger partial charge in [-0.05, 0) is 12.5 Å². The molecule has 0 unspecified atom stereocenters. The summed E-state index contributed by atoms with van der Waals surface area (Å²) in [7, 11) is 1.65. The molecule has 0 saturated carbocycles. The monoisotopic (exact) mass is 178 g/mol. The standard InChI is InChI=1S/C11H14O2/c1-9-5-3-6-10(7-4-8-12)11(9)13-2/h3-7,12H,8H2,1-2H3/b7-4+. The average molecular weight is 178 g/mol. The fourth-order valence-electron chi connectivity index (χ4n) is 1.26. The van der Waals surface area contributed by atoms with Gasteiger partial charge < -0.3 is 9.84 Å². The third kappa shape index (κ3) is 2.33. The highest BCUT2D eigenvalue weighted by Crippen LogP contribution is 2.23. The summed E-state index contributed by atoms with van der Waals surface area (Å²) in [5.41, 5.74) is 2.10. The van der Waals surface area contributed by atoms with Crippen LogP contribution in [0.2, 0.25) is 0 Å². The number of para-hydroxylation sites is 1. The molecule has 1 aromatic rings. The summed E-state index contributed by atoms with van der Waals surface area (Å²) >= 11 is 0. The van der Waals surface area contributed by atoms with E-state index in [1.807, 2.05) is 31.2 Å². The number of ether oxygens (including phenoxy) is 1. The molecule has 0 fully saturated rings. The van der Waals surface area contributed by atoms with Gasteiger partial charge in [-0.2, -0.15) is 0 Å². The molecule has 70 valence electrons. The van der Waals surface area contributed by atoms with E-state index in [9.17, 15) is 0 Å². The Labute approximate surface area is 78.5 Å². The molecule has 0 aromatic heterocycles. The molecule has 0 amide bonds. The Morgan fingerprint density at radius 2 is 2.23 bits per heavy atom. The van der Waals surface area contributed by atoms with Crippen molar-refractivity contribution >= 4 is 6.08 Å². The highest BCUT2D eigenvalue weighted by Gasteiger charge is 2.01. The summed E-state index contributed by atoms with van der Waals surface area (Å²) in [5.74, 6) is 0.868. The van der Waals surface area contributed by atoms with E-state index in [1.165, 1.54) is 0 Å². The SMILES string of the molecule is COc1c(C)cccc1/C=C/CO. The Morgan fingerprint density at radius 3 is 2.85 bits per heavy atom. The van der Waals surface area contributed by atoms with Crippen LogP contribution in [0, 0.1) is 6.92 Å². The second kappa shape index (κ2) is 4.67. The number of aliphatic hydroxyl groups is 1. The Kier molecular flexibility index (Phi) is 3.53. The van der Waals surface area contributed by atoms with Crippen molar-refractivity contribution in [3.8, 4) is 5.75 Å². The summed E-state index contributed by atoms with van der Waals surface area (Å²) in [6, 6.07) is 5.92. The van der Waals surface area contributed by atoms with Gasteiger partial charge in [-0.1, -0.05) is 30.4 Å². The number of aliphatic hydroxyl groups excluding tert-OH is 1. The van der Waals surface area contributed by atoms with Gasteiger partial charge in [-0.3, -0.25) is 0 Å². The Hall–Kier alpha value is -1.28. The Morgan fingerprint density at radius 1 is 1.46 bits per heavy atom. The number of aryl methyl sites for hydroxylation is 1. The van der Waals surface area contributed by atoms with Crippen LogP contribution in [0.15, 0.2) is 24.3 Å². The average Bonchev–Trinajstić information content (AvgIpc) is 2.15. The van der Waals surface area contributed by atoms with Crippen LogP contribution in [-0.4, -0.2) is 18.8 Å². The molecule has 1 N–H and O–H groups in total. The summed E-state index contributed by atoms with van der Waals surface area (Å²) in [6.07, 6.45) is 3.54. The normalized spacial score (nSPS) is 10.7. The third-order valence-corrected chi connectivity index (χ3v) is 1.85. The summed E-state index contributed by atoms with van der Waals surface area (Å²) in [6.45, 7) is 2.05. The van der Waals surface area contributed by atoms with Crippen molar-refractivity contribution in [3.63, 3.8) is 0 Å². The fraction of sp³-hybridized carbons (Fsp3) is 0.273. The fourth-order valence-corrected chi connectivity index (χ4v) is 1.26. The zero-order valence-corrected chi connectivity index (χ0v) is 7.95. The zero-order valence-electron chi connectivity index (χ0n) is 7.95. The molecular formula is C11H14O2. The number of hydrogen-bond acceptors (Lipinski definition) is 2. The van der Waals surface area contributed by atoms with Crippen LogP contribution in [0.4, 0.5) is 0 Å². The van der Waals surface area contributed by atoms with Crippen molar-refractivity contribution in [1.29, 1.82) is 0 Å². The van der Waals surface area contributed by atoms with E-state index < -0.39 is 0 Å². The van der Waals surface area contributed by atoms with E-state index in [4.69, 9.17) is 9.84 Å². The Balaban J connectivity index is 3.05. The molecule has 0 saturated heterocycles. The highest BCUT2D eigenvalue weighted by molar-refractivity contribution is 5.59. The first-order valence-electron chi connectivity index (χ1n) is 4.20. The van der Waals surface area contributed by atoms with E-state index in [-0.39, 0.29) is 6.61 Å². The number of rotatable bonds is 3. The second-order valence-corrected chi connectivity index (χ2v) is 2.78. The zero-order chi connectivity index (χ0) is 9.68. The van der Waals surface area contributed by atoms with Gasteiger partial charge in [0, 0.05) is 5.56 Å². The van der Waals surface area contributed by atoms with Gasteiger partial charge in [0.25, 0.3) is 0 Å². The van der Waals surface area contributed by atoms with Crippen molar-refractivity contribution in [2.75, 3.05) is 13.7 Å². The van der Waals surface area contributed by atoms with Crippen LogP contribution in [-0.2, 0) is 0 Å². The van der Waals surface area contributed by atoms with Crippen LogP contribution < -0.4 is 4.74 Å². The van der Waals surface area contributed by atoms with Gasteiger partial charge >= 0.3 is 0 Å². The van der Waals surface area contributed by atoms with Crippen LogP contribution >= 0.6 is 0 Å². The minimum absolute atomic E-state index is 0.0527. The molecule has 2 heteroatoms. The predicted molar refractivity (Wildman–Crippen MR) is 53.9 cm³/mol. The van der Waals surface area contributed by atoms with E-state index in [1.54, 1.807) is 13.2 Å². The molecule has 1 rings (SSSR count). The van der Waals surface area contributed by atoms with E-state index in [2.05, 4.69) is 0 Å². The minimum Gasteiger partial charge on any atom is -0.496 e. The summed E-state index contributed by atoms with van der Waals surface area (Å²) < 4.78 is 5.24. The van der Waals surface area contributed by atoms with E-state index in [0.29, 0.717) is 0 Å². The van der Waals surface area contributed by atoms with Crippen molar-refractivity contribution in [2.45, 2.75) is 6.92 Å². The van der Waals surface area contributed by atoms with Crippen molar-refractivity contribution in [3.05, 3.63) is 35.4 Å². The minimum atomic E-state index is 0.0527. The molecule has 0 aliphatic rings. The highest BCUT2D eigenvalue weighted by atomic mass is 16.5. The van der Waals surface area contributed by atoms with E-state index in [0.717, 1.165) is 16.9 Å². The number of benzene rings is 1. The molecule has 13 heavy (non-hydrogen) atoms. The van der Waals surface area contributed by atoms with Crippen LogP contribution in [0.3, 0.4) is 0 Å². The second-order valence-electron chi connectivity index (χ2n) is 2.78. The lowest BCUT2D eigenvalue weighted by Gasteiger charge is -2.07. The molecule has 0 atom stereocenters. The molecule has 0 aliphatic heterocycles. The lowest BCUT2D eigenvalue weighted by atomic mass is 10.1. The lowest BCUT2D eigenvalue weighted by molar-refractivity contribution is 0.343. The van der Waals surface area contributed by atoms with Gasteiger partial charge in [0.2, 0.25) is 0 Å². The molecule has 0 bridgehead atoms. The van der Waals surface area contributed by atoms with Crippen molar-refractivity contribution in [1.82, 2.24) is 0 Å². The first-order valence-corrected chi connectivity index (χ1v) is 4.20. The molecule has 2 nitrogen and oxygen atoms in total. The van der Waals surface area contributed by atoms with Gasteiger partial charge in [0.15, 0.2) is 0 Å². The maximum Gasteiger partial charge on any atom is 0.128 e. The molecule has 0 aliphatic carbocycles. The first kappa shape index (κ1) is 9.81. The molecule has 0 radical (unpaired) electrons. The van der Waals surface area contributed by atoms with Crippen molar-refractivity contribution < 1.29 is 9.84 Å². The van der Waals surface area contributed by atoms with Crippen LogP contribution in [0.1, 0.15) is 11.1 Å². The largest absolute Gasteiger partial charge is 0.496 e. The first-order chi connectivity index (χ1) is 6.29. The molecule has 1 aromatic carbocycles. The topological polar surface area (TPSA) is 29.5 Å². The van der Waals surface area contributed by atoms with E-state index >= 15 is 0 Å².